The Labute approximate surface area is 157 Å². The molecule has 8 nitrogen and oxygen atoms in total. The Morgan fingerprint density at radius 2 is 1.88 bits per heavy atom. The minimum Gasteiger partial charge on any atom is -0.545 e. The van der Waals surface area contributed by atoms with Gasteiger partial charge in [-0.3, -0.25) is 20.2 Å². The van der Waals surface area contributed by atoms with E-state index < -0.39 is 16.8 Å². The first-order valence-electron chi connectivity index (χ1n) is 7.07. The van der Waals surface area contributed by atoms with Gasteiger partial charge >= 0.3 is 0 Å². The topological polar surface area (TPSA) is 124 Å². The molecule has 2 N–H and O–H groups in total. The van der Waals surface area contributed by atoms with Gasteiger partial charge in [-0.25, -0.2) is 0 Å². The van der Waals surface area contributed by atoms with Crippen molar-refractivity contribution in [1.29, 1.82) is 0 Å². The van der Waals surface area contributed by atoms with Gasteiger partial charge in [-0.05, 0) is 43.4 Å². The van der Waals surface area contributed by atoms with Gasteiger partial charge in [0, 0.05) is 33.5 Å². The SMILES string of the molecule is Cc1ccc(C(=O)NC(=S)Nc2ccc(Cl)c(C(=O)[O-])c2)cc1[N+](=O)[O-]. The normalized spacial score (nSPS) is 10.1. The summed E-state index contributed by atoms with van der Waals surface area (Å²) in [6, 6.07) is 8.02. The number of halogens is 1. The van der Waals surface area contributed by atoms with Gasteiger partial charge in [0.2, 0.25) is 0 Å². The van der Waals surface area contributed by atoms with Gasteiger partial charge in [-0.15, -0.1) is 0 Å². The quantitative estimate of drug-likeness (QED) is 0.463. The van der Waals surface area contributed by atoms with Crippen molar-refractivity contribution in [2.24, 2.45) is 0 Å². The molecule has 10 heteroatoms. The molecule has 0 bridgehead atoms. The van der Waals surface area contributed by atoms with Crippen molar-refractivity contribution in [2.75, 3.05) is 5.32 Å². The van der Waals surface area contributed by atoms with Crippen LogP contribution in [0.5, 0.6) is 0 Å². The molecule has 2 aromatic carbocycles. The van der Waals surface area contributed by atoms with Crippen molar-refractivity contribution in [3.8, 4) is 0 Å². The Morgan fingerprint density at radius 3 is 2.50 bits per heavy atom. The van der Waals surface area contributed by atoms with E-state index in [1.165, 1.54) is 30.3 Å². The highest BCUT2D eigenvalue weighted by molar-refractivity contribution is 7.80. The van der Waals surface area contributed by atoms with Crippen LogP contribution >= 0.6 is 23.8 Å². The number of carbonyl (C=O) groups excluding carboxylic acids is 2. The first kappa shape index (κ1) is 19.3. The number of nitrogens with zero attached hydrogens (tertiary/aromatic N) is 1. The van der Waals surface area contributed by atoms with E-state index in [9.17, 15) is 24.8 Å². The zero-order chi connectivity index (χ0) is 19.4. The maximum absolute atomic E-state index is 12.2. The Bertz CT molecular complexity index is 932. The smallest absolute Gasteiger partial charge is 0.273 e. The number of nitrogens with one attached hydrogen (secondary N) is 2. The number of rotatable bonds is 4. The molecule has 0 saturated heterocycles. The lowest BCUT2D eigenvalue weighted by atomic mass is 10.1. The van der Waals surface area contributed by atoms with Gasteiger partial charge in [-0.2, -0.15) is 0 Å². The van der Waals surface area contributed by atoms with Crippen LogP contribution in [-0.4, -0.2) is 21.9 Å². The lowest BCUT2D eigenvalue weighted by molar-refractivity contribution is -0.385. The summed E-state index contributed by atoms with van der Waals surface area (Å²) in [5, 5.41) is 26.8. The summed E-state index contributed by atoms with van der Waals surface area (Å²) < 4.78 is 0. The number of thiocarbonyl (C=S) groups is 1. The number of aryl methyl sites for hydroxylation is 1. The molecule has 26 heavy (non-hydrogen) atoms. The molecule has 0 heterocycles. The van der Waals surface area contributed by atoms with E-state index in [0.717, 1.165) is 6.07 Å². The van der Waals surface area contributed by atoms with Crippen LogP contribution in [0.2, 0.25) is 5.02 Å². The van der Waals surface area contributed by atoms with E-state index in [1.807, 2.05) is 0 Å². The van der Waals surface area contributed by atoms with Crippen molar-refractivity contribution in [1.82, 2.24) is 5.32 Å². The third-order valence-electron chi connectivity index (χ3n) is 3.34. The minimum absolute atomic E-state index is 0.00234. The highest BCUT2D eigenvalue weighted by Crippen LogP contribution is 2.21. The van der Waals surface area contributed by atoms with Crippen LogP contribution in [0.1, 0.15) is 26.3 Å². The molecule has 2 rings (SSSR count). The third-order valence-corrected chi connectivity index (χ3v) is 3.87. The number of nitro benzene ring substituents is 1. The monoisotopic (exact) mass is 392 g/mol. The highest BCUT2D eigenvalue weighted by Gasteiger charge is 2.16. The zero-order valence-electron chi connectivity index (χ0n) is 13.2. The van der Waals surface area contributed by atoms with Crippen molar-refractivity contribution in [2.45, 2.75) is 6.92 Å². The van der Waals surface area contributed by atoms with E-state index in [-0.39, 0.29) is 32.6 Å². The van der Waals surface area contributed by atoms with Gasteiger partial charge in [0.1, 0.15) is 0 Å². The fourth-order valence-electron chi connectivity index (χ4n) is 2.04. The van der Waals surface area contributed by atoms with Gasteiger partial charge in [0.05, 0.1) is 10.9 Å². The van der Waals surface area contributed by atoms with E-state index in [2.05, 4.69) is 10.6 Å². The fourth-order valence-corrected chi connectivity index (χ4v) is 2.45. The van der Waals surface area contributed by atoms with Gasteiger partial charge in [-0.1, -0.05) is 17.7 Å². The van der Waals surface area contributed by atoms with Crippen LogP contribution in [0.25, 0.3) is 0 Å². The molecule has 0 aliphatic carbocycles. The standard InChI is InChI=1S/C16H12ClN3O5S/c1-8-2-3-9(6-13(8)20(24)25)14(21)19-16(26)18-10-4-5-12(17)11(7-10)15(22)23/h2-7H,1H3,(H,22,23)(H2,18,19,21,26)/p-1. The highest BCUT2D eigenvalue weighted by atomic mass is 35.5. The maximum Gasteiger partial charge on any atom is 0.273 e. The lowest BCUT2D eigenvalue weighted by Gasteiger charge is -2.12. The van der Waals surface area contributed by atoms with Crippen LogP contribution in [0, 0.1) is 17.0 Å². The fraction of sp³-hybridized carbons (Fsp3) is 0.0625. The number of hydrogen-bond acceptors (Lipinski definition) is 6. The molecule has 0 unspecified atom stereocenters. The molecule has 2 aromatic rings. The van der Waals surface area contributed by atoms with E-state index >= 15 is 0 Å². The predicted octanol–water partition coefficient (Wildman–Crippen LogP) is 2.05. The minimum atomic E-state index is -1.46. The molecule has 0 aliphatic rings. The van der Waals surface area contributed by atoms with Crippen LogP contribution in [-0.2, 0) is 0 Å². The number of benzene rings is 2. The van der Waals surface area contributed by atoms with Crippen molar-refractivity contribution < 1.29 is 19.6 Å². The maximum atomic E-state index is 12.2. The number of nitro groups is 1. The van der Waals surface area contributed by atoms with E-state index in [4.69, 9.17) is 23.8 Å². The lowest BCUT2D eigenvalue weighted by Crippen LogP contribution is -2.34. The van der Waals surface area contributed by atoms with Crippen LogP contribution in [0.3, 0.4) is 0 Å². The van der Waals surface area contributed by atoms with Crippen LogP contribution < -0.4 is 15.7 Å². The summed E-state index contributed by atoms with van der Waals surface area (Å²) in [6.45, 7) is 1.56. The molecule has 0 aromatic heterocycles. The summed E-state index contributed by atoms with van der Waals surface area (Å²) >= 11 is 10.7. The summed E-state index contributed by atoms with van der Waals surface area (Å²) in [6.07, 6.45) is 0. The summed E-state index contributed by atoms with van der Waals surface area (Å²) in [5.41, 5.74) is 0.322. The number of aromatic carboxylic acids is 1. The summed E-state index contributed by atoms with van der Waals surface area (Å²) in [5.74, 6) is -2.11. The van der Waals surface area contributed by atoms with E-state index in [0.29, 0.717) is 5.56 Å². The van der Waals surface area contributed by atoms with Crippen molar-refractivity contribution in [3.63, 3.8) is 0 Å². The first-order chi connectivity index (χ1) is 12.2. The number of amides is 1. The Morgan fingerprint density at radius 1 is 1.19 bits per heavy atom. The number of anilines is 1. The molecular formula is C16H11ClN3O5S-. The summed E-state index contributed by atoms with van der Waals surface area (Å²) in [7, 11) is 0. The van der Waals surface area contributed by atoms with Gasteiger partial charge in [0.15, 0.2) is 5.11 Å². The molecule has 1 amide bonds. The van der Waals surface area contributed by atoms with E-state index in [1.54, 1.807) is 6.92 Å². The van der Waals surface area contributed by atoms with Crippen molar-refractivity contribution in [3.05, 3.63) is 68.2 Å². The van der Waals surface area contributed by atoms with Gasteiger partial charge < -0.3 is 15.2 Å². The molecule has 0 aliphatic heterocycles. The third kappa shape index (κ3) is 4.52. The first-order valence-corrected chi connectivity index (χ1v) is 7.86. The average molecular weight is 393 g/mol. The second kappa shape index (κ2) is 7.89. The molecule has 134 valence electrons. The molecular weight excluding hydrogens is 382 g/mol. The second-order valence-electron chi connectivity index (χ2n) is 5.15. The molecule has 0 atom stereocenters. The number of carbonyl (C=O) groups is 2. The molecule has 0 saturated carbocycles. The predicted molar refractivity (Wildman–Crippen MR) is 97.3 cm³/mol. The average Bonchev–Trinajstić information content (AvgIpc) is 2.56. The number of hydrogen-bond donors (Lipinski definition) is 2. The number of carboxylic acids is 1. The molecule has 0 spiro atoms. The van der Waals surface area contributed by atoms with Crippen LogP contribution in [0.4, 0.5) is 11.4 Å². The zero-order valence-corrected chi connectivity index (χ0v) is 14.8. The Kier molecular flexibility index (Phi) is 5.86. The molecule has 0 radical (unpaired) electrons. The van der Waals surface area contributed by atoms with Crippen molar-refractivity contribution >= 4 is 52.2 Å². The second-order valence-corrected chi connectivity index (χ2v) is 5.96. The largest absolute Gasteiger partial charge is 0.545 e. The Balaban J connectivity index is 2.12. The van der Waals surface area contributed by atoms with Gasteiger partial charge in [0.25, 0.3) is 11.6 Å². The van der Waals surface area contributed by atoms with Crippen LogP contribution in [0.15, 0.2) is 36.4 Å². The number of carboxylic acid groups (broad SMARTS) is 1. The Hall–Kier alpha value is -3.04. The summed E-state index contributed by atoms with van der Waals surface area (Å²) in [4.78, 5) is 33.5. The molecule has 0 fully saturated rings.